The molecule has 2 heterocycles. The zero-order valence-corrected chi connectivity index (χ0v) is 12.9. The van der Waals surface area contributed by atoms with Gasteiger partial charge in [0.1, 0.15) is 24.2 Å². The zero-order valence-electron chi connectivity index (χ0n) is 12.1. The number of hydrogen-bond donors (Lipinski definition) is 0. The van der Waals surface area contributed by atoms with Crippen LogP contribution in [0, 0.1) is 0 Å². The van der Waals surface area contributed by atoms with Crippen molar-refractivity contribution in [2.24, 2.45) is 0 Å². The largest absolute Gasteiger partial charge is 0.338 e. The smallest absolute Gasteiger partial charge is 0.244 e. The van der Waals surface area contributed by atoms with Gasteiger partial charge >= 0.3 is 0 Å². The molecule has 0 fully saturated rings. The summed E-state index contributed by atoms with van der Waals surface area (Å²) in [5.74, 6) is -0.0280. The van der Waals surface area contributed by atoms with E-state index < -0.39 is 0 Å². The molecule has 112 valence electrons. The van der Waals surface area contributed by atoms with Gasteiger partial charge in [-0.1, -0.05) is 30.3 Å². The molecule has 0 radical (unpaired) electrons. The van der Waals surface area contributed by atoms with E-state index in [1.807, 2.05) is 35.7 Å². The van der Waals surface area contributed by atoms with Gasteiger partial charge in [-0.2, -0.15) is 5.10 Å². The molecule has 1 aromatic carbocycles. The minimum atomic E-state index is -0.0280. The highest BCUT2D eigenvalue weighted by Gasteiger charge is 2.12. The van der Waals surface area contributed by atoms with E-state index in [1.54, 1.807) is 23.3 Å². The van der Waals surface area contributed by atoms with Crippen molar-refractivity contribution in [1.29, 1.82) is 0 Å². The van der Waals surface area contributed by atoms with Crippen molar-refractivity contribution < 1.29 is 4.79 Å². The summed E-state index contributed by atoms with van der Waals surface area (Å²) < 4.78 is 1.51. The Morgan fingerprint density at radius 2 is 2.14 bits per heavy atom. The van der Waals surface area contributed by atoms with Crippen LogP contribution in [0.5, 0.6) is 0 Å². The average Bonchev–Trinajstić information content (AvgIpc) is 3.20. The second-order valence-corrected chi connectivity index (χ2v) is 5.71. The topological polar surface area (TPSA) is 63.9 Å². The molecule has 7 heteroatoms. The van der Waals surface area contributed by atoms with Gasteiger partial charge in [0, 0.05) is 18.0 Å². The highest BCUT2D eigenvalue weighted by atomic mass is 32.1. The van der Waals surface area contributed by atoms with Gasteiger partial charge < -0.3 is 4.90 Å². The molecule has 0 aliphatic rings. The number of likely N-dealkylation sites (N-methyl/N-ethyl adjacent to an activating group) is 1. The van der Waals surface area contributed by atoms with Crippen LogP contribution in [0.3, 0.4) is 0 Å². The number of aromatic nitrogens is 4. The molecule has 0 N–H and O–H groups in total. The van der Waals surface area contributed by atoms with E-state index in [2.05, 4.69) is 15.1 Å². The van der Waals surface area contributed by atoms with Crippen LogP contribution in [0.15, 0.2) is 48.4 Å². The second kappa shape index (κ2) is 6.48. The van der Waals surface area contributed by atoms with Gasteiger partial charge in [-0.05, 0) is 0 Å². The summed E-state index contributed by atoms with van der Waals surface area (Å²) in [6.07, 6.45) is 2.95. The lowest BCUT2D eigenvalue weighted by atomic mass is 10.2. The summed E-state index contributed by atoms with van der Waals surface area (Å²) in [6, 6.07) is 10.0. The lowest BCUT2D eigenvalue weighted by Crippen LogP contribution is -2.30. The minimum absolute atomic E-state index is 0.0280. The highest BCUT2D eigenvalue weighted by Crippen LogP contribution is 2.23. The number of carbonyl (C=O) groups is 1. The molecule has 0 spiro atoms. The van der Waals surface area contributed by atoms with Crippen LogP contribution >= 0.6 is 11.3 Å². The summed E-state index contributed by atoms with van der Waals surface area (Å²) >= 11 is 1.59. The quantitative estimate of drug-likeness (QED) is 0.723. The molecular weight excluding hydrogens is 298 g/mol. The van der Waals surface area contributed by atoms with Crippen LogP contribution in [-0.4, -0.2) is 37.6 Å². The maximum Gasteiger partial charge on any atom is 0.244 e. The molecule has 22 heavy (non-hydrogen) atoms. The fourth-order valence-corrected chi connectivity index (χ4v) is 2.81. The van der Waals surface area contributed by atoms with Gasteiger partial charge in [-0.25, -0.2) is 14.6 Å². The van der Waals surface area contributed by atoms with Crippen molar-refractivity contribution in [3.05, 3.63) is 54.1 Å². The van der Waals surface area contributed by atoms with Crippen molar-refractivity contribution in [2.75, 3.05) is 7.05 Å². The first-order valence-electron chi connectivity index (χ1n) is 6.78. The first kappa shape index (κ1) is 14.4. The SMILES string of the molecule is CN(Cc1csc(-c2ccccc2)n1)C(=O)Cn1cncn1. The summed E-state index contributed by atoms with van der Waals surface area (Å²) in [6.45, 7) is 0.670. The van der Waals surface area contributed by atoms with Gasteiger partial charge in [0.2, 0.25) is 5.91 Å². The standard InChI is InChI=1S/C15H15N5OS/c1-19(14(21)8-20-11-16-10-17-20)7-13-9-22-15(18-13)12-5-3-2-4-6-12/h2-6,9-11H,7-8H2,1H3. The molecular formula is C15H15N5OS. The van der Waals surface area contributed by atoms with Gasteiger partial charge in [0.25, 0.3) is 0 Å². The normalized spacial score (nSPS) is 10.6. The Labute approximate surface area is 132 Å². The van der Waals surface area contributed by atoms with Crippen LogP contribution in [0.1, 0.15) is 5.69 Å². The number of amides is 1. The Balaban J connectivity index is 1.63. The molecule has 1 amide bonds. The van der Waals surface area contributed by atoms with Gasteiger partial charge in [0.15, 0.2) is 0 Å². The first-order chi connectivity index (χ1) is 10.7. The molecule has 0 aliphatic carbocycles. The first-order valence-corrected chi connectivity index (χ1v) is 7.66. The Bertz CT molecular complexity index is 738. The summed E-state index contributed by atoms with van der Waals surface area (Å²) in [7, 11) is 1.76. The minimum Gasteiger partial charge on any atom is -0.338 e. The Hall–Kier alpha value is -2.54. The molecule has 3 rings (SSSR count). The van der Waals surface area contributed by atoms with Gasteiger partial charge in [0.05, 0.1) is 12.2 Å². The molecule has 2 aromatic heterocycles. The van der Waals surface area contributed by atoms with Crippen LogP contribution in [0.2, 0.25) is 0 Å². The van der Waals surface area contributed by atoms with Crippen LogP contribution in [0.25, 0.3) is 10.6 Å². The molecule has 0 bridgehead atoms. The van der Waals surface area contributed by atoms with E-state index in [4.69, 9.17) is 0 Å². The van der Waals surface area contributed by atoms with E-state index in [0.717, 1.165) is 16.3 Å². The molecule has 0 atom stereocenters. The number of thiazole rings is 1. The molecule has 3 aromatic rings. The highest BCUT2D eigenvalue weighted by molar-refractivity contribution is 7.13. The van der Waals surface area contributed by atoms with Crippen molar-refractivity contribution in [1.82, 2.24) is 24.6 Å². The third kappa shape index (κ3) is 3.37. The van der Waals surface area contributed by atoms with E-state index >= 15 is 0 Å². The predicted molar refractivity (Wildman–Crippen MR) is 84.0 cm³/mol. The molecule has 6 nitrogen and oxygen atoms in total. The van der Waals surface area contributed by atoms with Crippen LogP contribution in [-0.2, 0) is 17.9 Å². The van der Waals surface area contributed by atoms with Crippen LogP contribution < -0.4 is 0 Å². The van der Waals surface area contributed by atoms with Gasteiger partial charge in [-0.3, -0.25) is 4.79 Å². The van der Waals surface area contributed by atoms with E-state index in [-0.39, 0.29) is 12.5 Å². The van der Waals surface area contributed by atoms with Crippen molar-refractivity contribution in [3.8, 4) is 10.6 Å². The number of rotatable bonds is 5. The van der Waals surface area contributed by atoms with E-state index in [9.17, 15) is 4.79 Å². The fourth-order valence-electron chi connectivity index (χ4n) is 2.00. The van der Waals surface area contributed by atoms with Crippen molar-refractivity contribution in [2.45, 2.75) is 13.1 Å². The van der Waals surface area contributed by atoms with Crippen LogP contribution in [0.4, 0.5) is 0 Å². The number of hydrogen-bond acceptors (Lipinski definition) is 5. The Kier molecular flexibility index (Phi) is 4.24. The molecule has 0 unspecified atom stereocenters. The maximum absolute atomic E-state index is 12.1. The number of nitrogens with zero attached hydrogens (tertiary/aromatic N) is 5. The second-order valence-electron chi connectivity index (χ2n) is 4.85. The third-order valence-electron chi connectivity index (χ3n) is 3.16. The van der Waals surface area contributed by atoms with Gasteiger partial charge in [-0.15, -0.1) is 11.3 Å². The Morgan fingerprint density at radius 1 is 1.32 bits per heavy atom. The molecule has 0 saturated heterocycles. The van der Waals surface area contributed by atoms with Crippen molar-refractivity contribution in [3.63, 3.8) is 0 Å². The fraction of sp³-hybridized carbons (Fsp3) is 0.200. The van der Waals surface area contributed by atoms with E-state index in [0.29, 0.717) is 6.54 Å². The summed E-state index contributed by atoms with van der Waals surface area (Å²) in [5, 5.41) is 6.89. The Morgan fingerprint density at radius 3 is 2.86 bits per heavy atom. The molecule has 0 aliphatic heterocycles. The number of benzene rings is 1. The predicted octanol–water partition coefficient (Wildman–Crippen LogP) is 2.06. The average molecular weight is 313 g/mol. The van der Waals surface area contributed by atoms with E-state index in [1.165, 1.54) is 17.3 Å². The lowest BCUT2D eigenvalue weighted by molar-refractivity contribution is -0.131. The molecule has 0 saturated carbocycles. The van der Waals surface area contributed by atoms with Crippen molar-refractivity contribution >= 4 is 17.2 Å². The number of carbonyl (C=O) groups excluding carboxylic acids is 1. The monoisotopic (exact) mass is 313 g/mol. The third-order valence-corrected chi connectivity index (χ3v) is 4.10. The summed E-state index contributed by atoms with van der Waals surface area (Å²) in [4.78, 5) is 22.2. The lowest BCUT2D eigenvalue weighted by Gasteiger charge is -2.15. The zero-order chi connectivity index (χ0) is 15.4. The summed E-state index contributed by atoms with van der Waals surface area (Å²) in [5.41, 5.74) is 1.98. The maximum atomic E-state index is 12.1.